The third kappa shape index (κ3) is 3.27. The molecule has 2 rings (SSSR count). The zero-order valence-corrected chi connectivity index (χ0v) is 13.0. The maximum absolute atomic E-state index is 6.00. The highest BCUT2D eigenvalue weighted by Crippen LogP contribution is 2.32. The summed E-state index contributed by atoms with van der Waals surface area (Å²) in [5.74, 6) is 0.763. The molecule has 2 nitrogen and oxygen atoms in total. The molecule has 0 bridgehead atoms. The highest BCUT2D eigenvalue weighted by Gasteiger charge is 2.25. The van der Waals surface area contributed by atoms with Crippen molar-refractivity contribution in [2.75, 3.05) is 19.6 Å². The van der Waals surface area contributed by atoms with Crippen LogP contribution >= 0.6 is 27.5 Å². The van der Waals surface area contributed by atoms with E-state index < -0.39 is 0 Å². The Morgan fingerprint density at radius 3 is 2.94 bits per heavy atom. The van der Waals surface area contributed by atoms with Gasteiger partial charge in [-0.05, 0) is 43.0 Å². The Hall–Kier alpha value is -0.0900. The molecule has 4 heteroatoms. The van der Waals surface area contributed by atoms with E-state index in [2.05, 4.69) is 33.8 Å². The van der Waals surface area contributed by atoms with Crippen LogP contribution in [0.5, 0.6) is 0 Å². The molecule has 0 aromatic heterocycles. The van der Waals surface area contributed by atoms with Crippen molar-refractivity contribution >= 4 is 27.5 Å². The number of rotatable bonds is 3. The van der Waals surface area contributed by atoms with Gasteiger partial charge in [0.2, 0.25) is 0 Å². The predicted octanol–water partition coefficient (Wildman–Crippen LogP) is 3.83. The van der Waals surface area contributed by atoms with Crippen LogP contribution < -0.4 is 5.73 Å². The van der Waals surface area contributed by atoms with E-state index >= 15 is 0 Å². The van der Waals surface area contributed by atoms with E-state index in [9.17, 15) is 0 Å². The number of likely N-dealkylation sites (tertiary alicyclic amines) is 1. The van der Waals surface area contributed by atoms with Crippen LogP contribution in [0.4, 0.5) is 0 Å². The molecular weight excluding hydrogens is 312 g/mol. The van der Waals surface area contributed by atoms with Crippen molar-refractivity contribution in [3.8, 4) is 0 Å². The van der Waals surface area contributed by atoms with Gasteiger partial charge in [0, 0.05) is 28.6 Å². The molecule has 1 heterocycles. The van der Waals surface area contributed by atoms with Gasteiger partial charge in [-0.3, -0.25) is 4.90 Å². The van der Waals surface area contributed by atoms with Gasteiger partial charge >= 0.3 is 0 Å². The number of piperidine rings is 1. The van der Waals surface area contributed by atoms with Crippen molar-refractivity contribution in [1.82, 2.24) is 4.90 Å². The lowest BCUT2D eigenvalue weighted by Gasteiger charge is -2.37. The van der Waals surface area contributed by atoms with E-state index in [0.717, 1.165) is 28.5 Å². The van der Waals surface area contributed by atoms with Crippen molar-refractivity contribution in [1.29, 1.82) is 0 Å². The van der Waals surface area contributed by atoms with Crippen LogP contribution in [0.1, 0.15) is 31.4 Å². The molecule has 1 aromatic rings. The van der Waals surface area contributed by atoms with E-state index in [0.29, 0.717) is 12.6 Å². The monoisotopic (exact) mass is 330 g/mol. The average molecular weight is 332 g/mol. The smallest absolute Gasteiger partial charge is 0.0481 e. The maximum atomic E-state index is 6.00. The molecule has 1 aromatic carbocycles. The van der Waals surface area contributed by atoms with Gasteiger partial charge in [-0.1, -0.05) is 40.5 Å². The molecule has 18 heavy (non-hydrogen) atoms. The minimum atomic E-state index is 0.291. The van der Waals surface area contributed by atoms with Gasteiger partial charge in [0.1, 0.15) is 0 Å². The molecule has 0 saturated carbocycles. The quantitative estimate of drug-likeness (QED) is 0.912. The van der Waals surface area contributed by atoms with Crippen LogP contribution in [0.15, 0.2) is 22.7 Å². The third-order valence-corrected chi connectivity index (χ3v) is 4.60. The van der Waals surface area contributed by atoms with Crippen molar-refractivity contribution in [3.63, 3.8) is 0 Å². The van der Waals surface area contributed by atoms with Gasteiger partial charge < -0.3 is 5.73 Å². The summed E-state index contributed by atoms with van der Waals surface area (Å²) in [7, 11) is 0. The van der Waals surface area contributed by atoms with E-state index in [4.69, 9.17) is 17.3 Å². The fourth-order valence-electron chi connectivity index (χ4n) is 2.75. The first-order chi connectivity index (χ1) is 8.61. The minimum absolute atomic E-state index is 0.291. The summed E-state index contributed by atoms with van der Waals surface area (Å²) in [6, 6.07) is 6.27. The molecule has 1 saturated heterocycles. The van der Waals surface area contributed by atoms with Gasteiger partial charge in [0.25, 0.3) is 0 Å². The first-order valence-corrected chi connectivity index (χ1v) is 7.68. The molecule has 0 amide bonds. The van der Waals surface area contributed by atoms with Gasteiger partial charge in [-0.2, -0.15) is 0 Å². The summed E-state index contributed by atoms with van der Waals surface area (Å²) in [4.78, 5) is 2.50. The van der Waals surface area contributed by atoms with Crippen LogP contribution in [0, 0.1) is 5.92 Å². The topological polar surface area (TPSA) is 29.3 Å². The van der Waals surface area contributed by atoms with Crippen molar-refractivity contribution in [3.05, 3.63) is 33.3 Å². The fourth-order valence-corrected chi connectivity index (χ4v) is 3.70. The summed E-state index contributed by atoms with van der Waals surface area (Å²) in [6.07, 6.45) is 2.60. The lowest BCUT2D eigenvalue weighted by atomic mass is 9.96. The Bertz CT molecular complexity index is 411. The molecule has 2 atom stereocenters. The third-order valence-electron chi connectivity index (χ3n) is 3.67. The SMILES string of the molecule is CC1CCCN(C(CN)c2ccc(Cl)cc2Br)C1. The molecule has 2 unspecified atom stereocenters. The molecule has 1 aliphatic rings. The zero-order chi connectivity index (χ0) is 13.1. The van der Waals surface area contributed by atoms with Gasteiger partial charge in [-0.15, -0.1) is 0 Å². The second-order valence-corrected chi connectivity index (χ2v) is 6.45. The molecule has 0 radical (unpaired) electrons. The Labute approximate surface area is 123 Å². The molecular formula is C14H20BrClN2. The van der Waals surface area contributed by atoms with Crippen LogP contribution in [-0.2, 0) is 0 Å². The molecule has 2 N–H and O–H groups in total. The fraction of sp³-hybridized carbons (Fsp3) is 0.571. The molecule has 1 aliphatic heterocycles. The average Bonchev–Trinajstić information content (AvgIpc) is 2.33. The second kappa shape index (κ2) is 6.38. The number of benzene rings is 1. The van der Waals surface area contributed by atoms with Crippen LogP contribution in [0.2, 0.25) is 5.02 Å². The highest BCUT2D eigenvalue weighted by molar-refractivity contribution is 9.10. The molecule has 100 valence electrons. The molecule has 1 fully saturated rings. The lowest BCUT2D eigenvalue weighted by Crippen LogP contribution is -2.40. The van der Waals surface area contributed by atoms with Crippen molar-refractivity contribution in [2.45, 2.75) is 25.8 Å². The second-order valence-electron chi connectivity index (χ2n) is 5.16. The van der Waals surface area contributed by atoms with Crippen LogP contribution in [-0.4, -0.2) is 24.5 Å². The predicted molar refractivity (Wildman–Crippen MR) is 80.9 cm³/mol. The minimum Gasteiger partial charge on any atom is -0.329 e. The Balaban J connectivity index is 2.21. The van der Waals surface area contributed by atoms with E-state index in [-0.39, 0.29) is 0 Å². The van der Waals surface area contributed by atoms with E-state index in [1.807, 2.05) is 12.1 Å². The normalized spacial score (nSPS) is 23.0. The number of nitrogens with two attached hydrogens (primary N) is 1. The lowest BCUT2D eigenvalue weighted by molar-refractivity contribution is 0.133. The van der Waals surface area contributed by atoms with Gasteiger partial charge in [-0.25, -0.2) is 0 Å². The van der Waals surface area contributed by atoms with Crippen LogP contribution in [0.3, 0.4) is 0 Å². The first-order valence-electron chi connectivity index (χ1n) is 6.51. The van der Waals surface area contributed by atoms with Gasteiger partial charge in [0.05, 0.1) is 0 Å². The Morgan fingerprint density at radius 2 is 2.33 bits per heavy atom. The molecule has 0 spiro atoms. The Kier molecular flexibility index (Phi) is 5.07. The van der Waals surface area contributed by atoms with Gasteiger partial charge in [0.15, 0.2) is 0 Å². The zero-order valence-electron chi connectivity index (χ0n) is 10.7. The number of nitrogens with zero attached hydrogens (tertiary/aromatic N) is 1. The van der Waals surface area contributed by atoms with Crippen molar-refractivity contribution < 1.29 is 0 Å². The number of hydrogen-bond acceptors (Lipinski definition) is 2. The summed E-state index contributed by atoms with van der Waals surface area (Å²) < 4.78 is 1.06. The summed E-state index contributed by atoms with van der Waals surface area (Å²) in [5, 5.41) is 0.758. The largest absolute Gasteiger partial charge is 0.329 e. The Morgan fingerprint density at radius 1 is 1.56 bits per heavy atom. The van der Waals surface area contributed by atoms with Crippen LogP contribution in [0.25, 0.3) is 0 Å². The number of halogens is 2. The molecule has 0 aliphatic carbocycles. The summed E-state index contributed by atoms with van der Waals surface area (Å²) in [6.45, 7) is 5.24. The van der Waals surface area contributed by atoms with E-state index in [1.54, 1.807) is 0 Å². The number of hydrogen-bond donors (Lipinski definition) is 1. The summed E-state index contributed by atoms with van der Waals surface area (Å²) in [5.41, 5.74) is 7.24. The standard InChI is InChI=1S/C14H20BrClN2/c1-10-3-2-6-18(9-10)14(8-17)12-5-4-11(16)7-13(12)15/h4-5,7,10,14H,2-3,6,8-9,17H2,1H3. The highest BCUT2D eigenvalue weighted by atomic mass is 79.9. The first kappa shape index (κ1) is 14.3. The van der Waals surface area contributed by atoms with E-state index in [1.165, 1.54) is 18.4 Å². The maximum Gasteiger partial charge on any atom is 0.0481 e. The van der Waals surface area contributed by atoms with Crippen molar-refractivity contribution in [2.24, 2.45) is 11.7 Å². The summed E-state index contributed by atoms with van der Waals surface area (Å²) >= 11 is 9.60.